The lowest BCUT2D eigenvalue weighted by Gasteiger charge is -2.27. The molecule has 0 saturated heterocycles. The molecule has 0 aliphatic rings. The van der Waals surface area contributed by atoms with E-state index >= 15 is 0 Å². The van der Waals surface area contributed by atoms with Crippen molar-refractivity contribution in [2.45, 2.75) is 13.8 Å². The first kappa shape index (κ1) is 15.4. The zero-order valence-electron chi connectivity index (χ0n) is 9.99. The molecule has 0 nitrogen and oxygen atoms in total. The minimum absolute atomic E-state index is 0.575. The van der Waals surface area contributed by atoms with Gasteiger partial charge in [-0.25, -0.2) is 0 Å². The normalized spacial score (nSPS) is 17.7. The Morgan fingerprint density at radius 3 is 1.14 bits per heavy atom. The molecule has 0 aliphatic carbocycles. The molecular formula is C10H22Br2S2. The number of halogens is 2. The van der Waals surface area contributed by atoms with Gasteiger partial charge in [0.1, 0.15) is 0 Å². The summed E-state index contributed by atoms with van der Waals surface area (Å²) in [5.41, 5.74) is 3.11. The van der Waals surface area contributed by atoms with Crippen molar-refractivity contribution in [2.75, 3.05) is 36.5 Å². The second-order valence-electron chi connectivity index (χ2n) is 4.66. The summed E-state index contributed by atoms with van der Waals surface area (Å²) >= 11 is 7.54. The molecule has 0 aromatic heterocycles. The quantitative estimate of drug-likeness (QED) is 0.610. The zero-order valence-corrected chi connectivity index (χ0v) is 14.8. The van der Waals surface area contributed by atoms with E-state index in [9.17, 15) is 0 Å². The summed E-state index contributed by atoms with van der Waals surface area (Å²) in [4.78, 5) is 0. The summed E-state index contributed by atoms with van der Waals surface area (Å²) in [7, 11) is -1.15. The van der Waals surface area contributed by atoms with Crippen LogP contribution in [0, 0.1) is 0 Å². The van der Waals surface area contributed by atoms with Gasteiger partial charge in [0.15, 0.2) is 0 Å². The maximum Gasteiger partial charge on any atom is 0.00692 e. The van der Waals surface area contributed by atoms with Crippen molar-refractivity contribution in [3.8, 4) is 0 Å². The van der Waals surface area contributed by atoms with Crippen LogP contribution in [0.5, 0.6) is 0 Å². The SMILES string of the molecule is C/C(CS(C)(C)Br)=C(/C)CS(C)(C)Br. The topological polar surface area (TPSA) is 0 Å². The van der Waals surface area contributed by atoms with Crippen molar-refractivity contribution in [3.63, 3.8) is 0 Å². The monoisotopic (exact) mass is 364 g/mol. The molecule has 0 rings (SSSR count). The molecule has 14 heavy (non-hydrogen) atoms. The lowest BCUT2D eigenvalue weighted by Crippen LogP contribution is -2.02. The lowest BCUT2D eigenvalue weighted by atomic mass is 10.2. The Morgan fingerprint density at radius 2 is 1.00 bits per heavy atom. The van der Waals surface area contributed by atoms with Crippen LogP contribution >= 0.6 is 46.5 Å². The van der Waals surface area contributed by atoms with Gasteiger partial charge in [-0.05, 0) is 68.5 Å². The lowest BCUT2D eigenvalue weighted by molar-refractivity contribution is 1.25. The van der Waals surface area contributed by atoms with Gasteiger partial charge in [0.25, 0.3) is 0 Å². The fourth-order valence-electron chi connectivity index (χ4n) is 1.28. The van der Waals surface area contributed by atoms with E-state index in [0.717, 1.165) is 0 Å². The highest BCUT2D eigenvalue weighted by atomic mass is 79.9. The van der Waals surface area contributed by atoms with Crippen LogP contribution in [-0.2, 0) is 0 Å². The van der Waals surface area contributed by atoms with Crippen LogP contribution in [0.1, 0.15) is 13.8 Å². The second kappa shape index (κ2) is 5.65. The minimum Gasteiger partial charge on any atom is -0.185 e. The molecule has 0 aromatic carbocycles. The van der Waals surface area contributed by atoms with Crippen molar-refractivity contribution in [3.05, 3.63) is 11.1 Å². The van der Waals surface area contributed by atoms with Crippen molar-refractivity contribution < 1.29 is 0 Å². The molecule has 0 saturated carbocycles. The maximum absolute atomic E-state index is 3.77. The smallest absolute Gasteiger partial charge is 0.00692 e. The molecule has 0 amide bonds. The highest BCUT2D eigenvalue weighted by Crippen LogP contribution is 2.52. The third kappa shape index (κ3) is 8.69. The van der Waals surface area contributed by atoms with E-state index < -0.39 is 16.9 Å². The summed E-state index contributed by atoms with van der Waals surface area (Å²) < 4.78 is 0. The Hall–Kier alpha value is 1.40. The van der Waals surface area contributed by atoms with E-state index in [1.807, 2.05) is 0 Å². The Morgan fingerprint density at radius 1 is 0.786 bits per heavy atom. The summed E-state index contributed by atoms with van der Waals surface area (Å²) in [6, 6.07) is 0. The number of hydrogen-bond acceptors (Lipinski definition) is 0. The summed E-state index contributed by atoms with van der Waals surface area (Å²) in [6.45, 7) is 4.53. The predicted molar refractivity (Wildman–Crippen MR) is 84.8 cm³/mol. The fraction of sp³-hybridized carbons (Fsp3) is 0.800. The van der Waals surface area contributed by atoms with Gasteiger partial charge in [-0.3, -0.25) is 0 Å². The summed E-state index contributed by atoms with van der Waals surface area (Å²) in [5.74, 6) is 2.42. The van der Waals surface area contributed by atoms with Gasteiger partial charge in [0.05, 0.1) is 0 Å². The molecule has 0 atom stereocenters. The molecule has 0 bridgehead atoms. The number of rotatable bonds is 4. The van der Waals surface area contributed by atoms with E-state index in [-0.39, 0.29) is 0 Å². The minimum atomic E-state index is -0.575. The van der Waals surface area contributed by atoms with Crippen molar-refractivity contribution in [1.82, 2.24) is 0 Å². The van der Waals surface area contributed by atoms with Gasteiger partial charge in [0, 0.05) is 11.5 Å². The first-order valence-corrected chi connectivity index (χ1v) is 13.4. The van der Waals surface area contributed by atoms with Crippen molar-refractivity contribution in [1.29, 1.82) is 0 Å². The van der Waals surface area contributed by atoms with Crippen LogP contribution in [-0.4, -0.2) is 36.5 Å². The number of hydrogen-bond donors (Lipinski definition) is 0. The molecule has 0 aliphatic heterocycles. The molecule has 0 radical (unpaired) electrons. The molecule has 4 heteroatoms. The molecule has 0 spiro atoms. The molecule has 88 valence electrons. The molecule has 0 aromatic rings. The Labute approximate surface area is 107 Å². The highest BCUT2D eigenvalue weighted by molar-refractivity contribution is 9.58. The van der Waals surface area contributed by atoms with Crippen LogP contribution in [0.25, 0.3) is 0 Å². The van der Waals surface area contributed by atoms with E-state index in [1.54, 1.807) is 11.1 Å². The van der Waals surface area contributed by atoms with Gasteiger partial charge < -0.3 is 0 Å². The second-order valence-corrected chi connectivity index (χ2v) is 21.4. The third-order valence-corrected chi connectivity index (χ3v) is 5.46. The average molecular weight is 366 g/mol. The molecular weight excluding hydrogens is 344 g/mol. The Kier molecular flexibility index (Phi) is 6.21. The van der Waals surface area contributed by atoms with Gasteiger partial charge in [-0.2, -0.15) is 16.9 Å². The Balaban J connectivity index is 4.45. The van der Waals surface area contributed by atoms with E-state index in [2.05, 4.69) is 68.5 Å². The van der Waals surface area contributed by atoms with Crippen LogP contribution in [0.15, 0.2) is 11.1 Å². The fourth-order valence-corrected chi connectivity index (χ4v) is 5.89. The van der Waals surface area contributed by atoms with Gasteiger partial charge in [0.2, 0.25) is 0 Å². The first-order chi connectivity index (χ1) is 6.01. The van der Waals surface area contributed by atoms with Gasteiger partial charge in [-0.15, -0.1) is 0 Å². The highest BCUT2D eigenvalue weighted by Gasteiger charge is 2.12. The molecule has 0 fully saturated rings. The first-order valence-electron chi connectivity index (χ1n) is 4.48. The molecule has 0 N–H and O–H groups in total. The zero-order chi connectivity index (χ0) is 11.6. The predicted octanol–water partition coefficient (Wildman–Crippen LogP) is 5.07. The van der Waals surface area contributed by atoms with E-state index in [4.69, 9.17) is 0 Å². The van der Waals surface area contributed by atoms with Gasteiger partial charge in [-0.1, -0.05) is 11.1 Å². The summed E-state index contributed by atoms with van der Waals surface area (Å²) in [6.07, 6.45) is 9.21. The van der Waals surface area contributed by atoms with E-state index in [1.165, 1.54) is 11.5 Å². The molecule has 0 heterocycles. The summed E-state index contributed by atoms with van der Waals surface area (Å²) in [5, 5.41) is 0. The van der Waals surface area contributed by atoms with Crippen molar-refractivity contribution >= 4 is 46.5 Å². The van der Waals surface area contributed by atoms with Crippen LogP contribution in [0.4, 0.5) is 0 Å². The van der Waals surface area contributed by atoms with Crippen LogP contribution in [0.2, 0.25) is 0 Å². The molecule has 0 unspecified atom stereocenters. The maximum atomic E-state index is 3.77. The largest absolute Gasteiger partial charge is 0.185 e. The third-order valence-electron chi connectivity index (χ3n) is 1.85. The standard InChI is InChI=1S/C10H22Br2S2/c1-9(7-13(3,4)11)10(2)8-14(5,6)12/h7-8H2,1-6H3/b10-9+. The van der Waals surface area contributed by atoms with Crippen LogP contribution < -0.4 is 0 Å². The van der Waals surface area contributed by atoms with Crippen LogP contribution in [0.3, 0.4) is 0 Å². The average Bonchev–Trinajstić information content (AvgIpc) is 1.78. The Bertz CT molecular complexity index is 197. The van der Waals surface area contributed by atoms with E-state index in [0.29, 0.717) is 0 Å². The van der Waals surface area contributed by atoms with Crippen molar-refractivity contribution in [2.24, 2.45) is 0 Å². The van der Waals surface area contributed by atoms with Gasteiger partial charge >= 0.3 is 0 Å².